The second kappa shape index (κ2) is 23.9. The molecule has 0 spiro atoms. The van der Waals surface area contributed by atoms with Gasteiger partial charge >= 0.3 is 0 Å². The van der Waals surface area contributed by atoms with Crippen LogP contribution in [-0.4, -0.2) is 45.2 Å². The molecule has 0 aliphatic carbocycles. The zero-order chi connectivity index (χ0) is 16.6. The van der Waals surface area contributed by atoms with Gasteiger partial charge in [0.05, 0.1) is 0 Å². The van der Waals surface area contributed by atoms with Gasteiger partial charge in [0.15, 0.2) is 0 Å². The Morgan fingerprint density at radius 3 is 1.00 bits per heavy atom. The van der Waals surface area contributed by atoms with E-state index in [1.165, 1.54) is 6.92 Å². The van der Waals surface area contributed by atoms with Crippen LogP contribution in [0.3, 0.4) is 0 Å². The summed E-state index contributed by atoms with van der Waals surface area (Å²) in [7, 11) is 0. The fraction of sp³-hybridized carbons (Fsp3) is 0.786. The van der Waals surface area contributed by atoms with Gasteiger partial charge in [-0.1, -0.05) is 0 Å². The zero-order valence-corrected chi connectivity index (χ0v) is 15.4. The molecule has 0 unspecified atom stereocenters. The summed E-state index contributed by atoms with van der Waals surface area (Å²) in [5.41, 5.74) is 0. The molecule has 0 aromatic heterocycles. The van der Waals surface area contributed by atoms with Crippen LogP contribution in [0.2, 0.25) is 0 Å². The third-order valence-corrected chi connectivity index (χ3v) is 0.446. The van der Waals surface area contributed by atoms with Crippen LogP contribution in [0.1, 0.15) is 54.9 Å². The first-order chi connectivity index (χ1) is 8.32. The quantitative estimate of drug-likeness (QED) is 0.406. The second-order valence-electron chi connectivity index (χ2n) is 4.70. The molecule has 0 heterocycles. The number of carbonyl (C=O) groups is 2. The molecule has 0 saturated carbocycles. The van der Waals surface area contributed by atoms with Gasteiger partial charge in [0.25, 0.3) is 0 Å². The third kappa shape index (κ3) is 347. The number of Topliss-reactive ketones (excluding diaryl/α,β-unsaturated/α-hetero) is 2. The van der Waals surface area contributed by atoms with Crippen LogP contribution in [0.4, 0.5) is 0 Å². The maximum Gasteiger partial charge on any atom is 0.134 e. The van der Waals surface area contributed by atoms with Crippen molar-refractivity contribution in [2.45, 2.75) is 73.2 Å². The molecular formula is C14H31O5Ti-. The van der Waals surface area contributed by atoms with E-state index in [1.807, 2.05) is 0 Å². The summed E-state index contributed by atoms with van der Waals surface area (Å²) in [5.74, 6) is -0.437. The van der Waals surface area contributed by atoms with Crippen LogP contribution >= 0.6 is 0 Å². The van der Waals surface area contributed by atoms with Crippen LogP contribution in [0.5, 0.6) is 0 Å². The van der Waals surface area contributed by atoms with Crippen molar-refractivity contribution in [3.63, 3.8) is 0 Å². The molecule has 0 fully saturated rings. The Labute approximate surface area is 138 Å². The molecule has 0 bridgehead atoms. The Morgan fingerprint density at radius 1 is 0.850 bits per heavy atom. The second-order valence-corrected chi connectivity index (χ2v) is 4.70. The zero-order valence-electron chi connectivity index (χ0n) is 13.8. The smallest absolute Gasteiger partial charge is 0.134 e. The van der Waals surface area contributed by atoms with Crippen molar-refractivity contribution in [2.24, 2.45) is 0 Å². The largest absolute Gasteiger partial charge is 0.394 e. The van der Waals surface area contributed by atoms with E-state index in [0.29, 0.717) is 0 Å². The normalized spacial score (nSPS) is 8.25. The minimum absolute atomic E-state index is 0. The van der Waals surface area contributed by atoms with Crippen LogP contribution in [-0.2, 0) is 31.3 Å². The number of hydrogen-bond donors (Lipinski definition) is 3. The Morgan fingerprint density at radius 2 is 1.00 bits per heavy atom. The molecule has 0 aromatic rings. The Bertz CT molecular complexity index is 169. The molecule has 6 heteroatoms. The number of aliphatic hydroxyl groups excluding tert-OH is 3. The molecule has 0 aliphatic heterocycles. The predicted molar refractivity (Wildman–Crippen MR) is 77.7 cm³/mol. The summed E-state index contributed by atoms with van der Waals surface area (Å²) in [6.45, 7) is 14.7. The maximum atomic E-state index is 9.99. The van der Waals surface area contributed by atoms with E-state index >= 15 is 0 Å². The molecule has 0 saturated heterocycles. The van der Waals surface area contributed by atoms with E-state index in [-0.39, 0.29) is 58.0 Å². The summed E-state index contributed by atoms with van der Waals surface area (Å²) < 4.78 is 0. The molecule has 0 amide bonds. The molecule has 0 aromatic carbocycles. The van der Waals surface area contributed by atoms with Crippen molar-refractivity contribution in [2.75, 3.05) is 0 Å². The minimum atomic E-state index is -0.312. The number of rotatable bonds is 2. The molecular weight excluding hydrogens is 296 g/mol. The van der Waals surface area contributed by atoms with Crippen molar-refractivity contribution >= 4 is 11.6 Å². The van der Waals surface area contributed by atoms with Crippen LogP contribution in [0.15, 0.2) is 0 Å². The molecule has 0 rings (SSSR count). The Hall–Kier alpha value is -0.196. The van der Waals surface area contributed by atoms with Gasteiger partial charge in [-0.2, -0.15) is 0 Å². The van der Waals surface area contributed by atoms with Crippen LogP contribution in [0, 0.1) is 6.92 Å². The SMILES string of the molecule is CC(C)O.CC(C)O.CC(C)O.[CH2-]C(=O)CC(C)=O.[Ti]. The summed E-state index contributed by atoms with van der Waals surface area (Å²) in [6, 6.07) is 0. The molecule has 0 radical (unpaired) electrons. The number of hydrogen-bond acceptors (Lipinski definition) is 5. The monoisotopic (exact) mass is 327 g/mol. The average Bonchev–Trinajstić information content (AvgIpc) is 1.95. The van der Waals surface area contributed by atoms with E-state index in [4.69, 9.17) is 15.3 Å². The number of ketones is 2. The number of carbonyl (C=O) groups excluding carboxylic acids is 2. The van der Waals surface area contributed by atoms with Crippen molar-refractivity contribution in [1.29, 1.82) is 0 Å². The van der Waals surface area contributed by atoms with Gasteiger partial charge in [0, 0.05) is 52.2 Å². The Kier molecular flexibility index (Phi) is 38.1. The first kappa shape index (κ1) is 32.0. The van der Waals surface area contributed by atoms with Gasteiger partial charge in [-0.25, -0.2) is 0 Å². The molecule has 0 atom stereocenters. The van der Waals surface area contributed by atoms with Gasteiger partial charge < -0.3 is 27.0 Å². The topological polar surface area (TPSA) is 94.8 Å². The van der Waals surface area contributed by atoms with Crippen molar-refractivity contribution in [1.82, 2.24) is 0 Å². The van der Waals surface area contributed by atoms with Crippen LogP contribution in [0.25, 0.3) is 0 Å². The molecule has 0 aliphatic rings. The van der Waals surface area contributed by atoms with E-state index < -0.39 is 0 Å². The van der Waals surface area contributed by atoms with Gasteiger partial charge in [0.2, 0.25) is 0 Å². The average molecular weight is 327 g/mol. The van der Waals surface area contributed by atoms with Crippen LogP contribution < -0.4 is 0 Å². The maximum absolute atomic E-state index is 9.99. The molecule has 5 nitrogen and oxygen atoms in total. The summed E-state index contributed by atoms with van der Waals surface area (Å²) in [5, 5.41) is 24.2. The standard InChI is InChI=1S/C5H7O2.3C3H8O.Ti/c1-4(6)3-5(2)7;3*1-3(2)4;/h1,3H2,2H3;3*3-4H,1-2H3;/q-1;;;;. The van der Waals surface area contributed by atoms with E-state index in [9.17, 15) is 9.59 Å². The number of aliphatic hydroxyl groups is 3. The van der Waals surface area contributed by atoms with Crippen molar-refractivity contribution in [3.05, 3.63) is 6.92 Å². The predicted octanol–water partition coefficient (Wildman–Crippen LogP) is 1.53. The third-order valence-electron chi connectivity index (χ3n) is 0.446. The van der Waals surface area contributed by atoms with Gasteiger partial charge in [-0.15, -0.1) is 0 Å². The molecule has 122 valence electrons. The van der Waals surface area contributed by atoms with Gasteiger partial charge in [-0.05, 0) is 48.5 Å². The van der Waals surface area contributed by atoms with E-state index in [1.54, 1.807) is 41.5 Å². The van der Waals surface area contributed by atoms with E-state index in [2.05, 4.69) is 6.92 Å². The first-order valence-corrected chi connectivity index (χ1v) is 6.21. The Balaban J connectivity index is -0.0000000512. The van der Waals surface area contributed by atoms with Gasteiger partial charge in [0.1, 0.15) is 5.78 Å². The molecule has 3 N–H and O–H groups in total. The first-order valence-electron chi connectivity index (χ1n) is 6.21. The summed E-state index contributed by atoms with van der Waals surface area (Å²) >= 11 is 0. The van der Waals surface area contributed by atoms with E-state index in [0.717, 1.165) is 0 Å². The van der Waals surface area contributed by atoms with Crippen molar-refractivity contribution in [3.8, 4) is 0 Å². The molecule has 20 heavy (non-hydrogen) atoms. The summed E-state index contributed by atoms with van der Waals surface area (Å²) in [4.78, 5) is 19.9. The fourth-order valence-corrected chi connectivity index (χ4v) is 0.278. The summed E-state index contributed by atoms with van der Waals surface area (Å²) in [6.07, 6.45) is -0.528. The van der Waals surface area contributed by atoms with Gasteiger partial charge in [-0.3, -0.25) is 4.79 Å². The van der Waals surface area contributed by atoms with Crippen molar-refractivity contribution < 1.29 is 46.6 Å². The minimum Gasteiger partial charge on any atom is -0.394 e. The fourth-order valence-electron chi connectivity index (χ4n) is 0.278.